The van der Waals surface area contributed by atoms with E-state index in [1.807, 2.05) is 55.5 Å². The summed E-state index contributed by atoms with van der Waals surface area (Å²) in [7, 11) is 3.20. The number of anilines is 2. The highest BCUT2D eigenvalue weighted by Gasteiger charge is 2.20. The highest BCUT2D eigenvalue weighted by molar-refractivity contribution is 5.96. The summed E-state index contributed by atoms with van der Waals surface area (Å²) in [5.41, 5.74) is 2.58. The Morgan fingerprint density at radius 3 is 2.37 bits per heavy atom. The van der Waals surface area contributed by atoms with E-state index >= 15 is 0 Å². The van der Waals surface area contributed by atoms with Gasteiger partial charge in [0.05, 0.1) is 19.3 Å². The number of rotatable bonds is 8. The number of carbonyl (C=O) groups excluding carboxylic acids is 2. The minimum Gasteiger partial charge on any atom is -0.495 e. The quantitative estimate of drug-likeness (QED) is 0.750. The van der Waals surface area contributed by atoms with Crippen molar-refractivity contribution in [1.82, 2.24) is 4.90 Å². The Balaban J connectivity index is 1.95. The number of amides is 2. The van der Waals surface area contributed by atoms with E-state index in [1.54, 1.807) is 21.1 Å². The summed E-state index contributed by atoms with van der Waals surface area (Å²) >= 11 is 0. The molecule has 0 aliphatic heterocycles. The summed E-state index contributed by atoms with van der Waals surface area (Å²) in [4.78, 5) is 26.3. The normalized spacial score (nSPS) is 11.4. The van der Waals surface area contributed by atoms with Crippen LogP contribution in [0, 0.1) is 0 Å². The number of carbonyl (C=O) groups is 2. The van der Waals surface area contributed by atoms with Gasteiger partial charge in [0.1, 0.15) is 11.8 Å². The second-order valence-corrected chi connectivity index (χ2v) is 6.32. The molecular weight excluding hydrogens is 342 g/mol. The standard InChI is InChI=1S/C21H27N3O3/c1-5-16-10-6-7-11-17(16)23-20(25)14-24(3)21(26)15(2)22-18-12-8-9-13-19(18)27-4/h6-13,15,22H,5,14H2,1-4H3,(H,23,25)/t15-/m1/s1. The molecule has 2 N–H and O–H groups in total. The molecule has 0 radical (unpaired) electrons. The summed E-state index contributed by atoms with van der Waals surface area (Å²) < 4.78 is 5.29. The monoisotopic (exact) mass is 369 g/mol. The molecule has 27 heavy (non-hydrogen) atoms. The predicted octanol–water partition coefficient (Wildman–Crippen LogP) is 3.16. The van der Waals surface area contributed by atoms with E-state index in [4.69, 9.17) is 4.74 Å². The SMILES string of the molecule is CCc1ccccc1NC(=O)CN(C)C(=O)[C@@H](C)Nc1ccccc1OC. The second-order valence-electron chi connectivity index (χ2n) is 6.32. The molecule has 2 aromatic carbocycles. The third-order valence-electron chi connectivity index (χ3n) is 4.28. The summed E-state index contributed by atoms with van der Waals surface area (Å²) in [6.07, 6.45) is 0.824. The van der Waals surface area contributed by atoms with Crippen LogP contribution in [0.3, 0.4) is 0 Å². The van der Waals surface area contributed by atoms with Gasteiger partial charge in [-0.2, -0.15) is 0 Å². The van der Waals surface area contributed by atoms with E-state index in [2.05, 4.69) is 10.6 Å². The number of ether oxygens (including phenoxy) is 1. The molecule has 6 nitrogen and oxygen atoms in total. The molecule has 0 spiro atoms. The molecule has 6 heteroatoms. The smallest absolute Gasteiger partial charge is 0.244 e. The summed E-state index contributed by atoms with van der Waals surface area (Å²) in [6, 6.07) is 14.6. The molecular formula is C21H27N3O3. The highest BCUT2D eigenvalue weighted by Crippen LogP contribution is 2.24. The first-order valence-corrected chi connectivity index (χ1v) is 8.98. The van der Waals surface area contributed by atoms with Gasteiger partial charge in [-0.3, -0.25) is 9.59 Å². The zero-order valence-corrected chi connectivity index (χ0v) is 16.3. The maximum Gasteiger partial charge on any atom is 0.244 e. The summed E-state index contributed by atoms with van der Waals surface area (Å²) in [5, 5.41) is 6.02. The Morgan fingerprint density at radius 1 is 1.07 bits per heavy atom. The molecule has 0 heterocycles. The van der Waals surface area contributed by atoms with Crippen molar-refractivity contribution in [2.24, 2.45) is 0 Å². The van der Waals surface area contributed by atoms with Gasteiger partial charge in [0.25, 0.3) is 0 Å². The van der Waals surface area contributed by atoms with Crippen molar-refractivity contribution in [3.05, 3.63) is 54.1 Å². The fourth-order valence-electron chi connectivity index (χ4n) is 2.82. The lowest BCUT2D eigenvalue weighted by atomic mass is 10.1. The maximum absolute atomic E-state index is 12.6. The van der Waals surface area contributed by atoms with Crippen molar-refractivity contribution in [2.75, 3.05) is 31.3 Å². The number of nitrogens with one attached hydrogen (secondary N) is 2. The van der Waals surface area contributed by atoms with Gasteiger partial charge in [-0.15, -0.1) is 0 Å². The Labute approximate surface area is 160 Å². The van der Waals surface area contributed by atoms with Crippen LogP contribution in [0.15, 0.2) is 48.5 Å². The van der Waals surface area contributed by atoms with E-state index in [0.717, 1.165) is 23.4 Å². The van der Waals surface area contributed by atoms with Gasteiger partial charge in [-0.1, -0.05) is 37.3 Å². The first-order chi connectivity index (χ1) is 13.0. The fourth-order valence-corrected chi connectivity index (χ4v) is 2.82. The Bertz CT molecular complexity index is 792. The molecule has 0 aromatic heterocycles. The second kappa shape index (κ2) is 9.62. The Kier molecular flexibility index (Phi) is 7.23. The zero-order valence-electron chi connectivity index (χ0n) is 16.3. The molecule has 0 aliphatic carbocycles. The predicted molar refractivity (Wildman–Crippen MR) is 108 cm³/mol. The molecule has 2 rings (SSSR count). The first kappa shape index (κ1) is 20.3. The average molecular weight is 369 g/mol. The number of methoxy groups -OCH3 is 1. The maximum atomic E-state index is 12.6. The lowest BCUT2D eigenvalue weighted by molar-refractivity contribution is -0.133. The number of hydrogen-bond donors (Lipinski definition) is 2. The van der Waals surface area contributed by atoms with Gasteiger partial charge >= 0.3 is 0 Å². The lowest BCUT2D eigenvalue weighted by Gasteiger charge is -2.23. The Hall–Kier alpha value is -3.02. The van der Waals surface area contributed by atoms with Crippen molar-refractivity contribution in [3.63, 3.8) is 0 Å². The third kappa shape index (κ3) is 5.48. The van der Waals surface area contributed by atoms with Crippen LogP contribution in [0.4, 0.5) is 11.4 Å². The largest absolute Gasteiger partial charge is 0.495 e. The molecule has 0 aliphatic rings. The molecule has 0 saturated carbocycles. The molecule has 144 valence electrons. The van der Waals surface area contributed by atoms with Gasteiger partial charge < -0.3 is 20.3 Å². The van der Waals surface area contributed by atoms with Gasteiger partial charge in [0.15, 0.2) is 0 Å². The van der Waals surface area contributed by atoms with Gasteiger partial charge in [-0.25, -0.2) is 0 Å². The number of benzene rings is 2. The minimum absolute atomic E-state index is 0.0190. The summed E-state index contributed by atoms with van der Waals surface area (Å²) in [5.74, 6) is 0.254. The van der Waals surface area contributed by atoms with Crippen molar-refractivity contribution >= 4 is 23.2 Å². The van der Waals surface area contributed by atoms with Crippen LogP contribution >= 0.6 is 0 Å². The molecule has 0 saturated heterocycles. The van der Waals surface area contributed by atoms with Gasteiger partial charge in [0.2, 0.25) is 11.8 Å². The highest BCUT2D eigenvalue weighted by atomic mass is 16.5. The van der Waals surface area contributed by atoms with Crippen LogP contribution in [-0.2, 0) is 16.0 Å². The molecule has 0 unspecified atom stereocenters. The number of nitrogens with zero attached hydrogens (tertiary/aromatic N) is 1. The van der Waals surface area contributed by atoms with E-state index in [9.17, 15) is 9.59 Å². The van der Waals surface area contributed by atoms with Crippen LogP contribution in [0.25, 0.3) is 0 Å². The first-order valence-electron chi connectivity index (χ1n) is 8.98. The lowest BCUT2D eigenvalue weighted by Crippen LogP contribution is -2.42. The fraction of sp³-hybridized carbons (Fsp3) is 0.333. The minimum atomic E-state index is -0.498. The molecule has 2 amide bonds. The van der Waals surface area contributed by atoms with Crippen molar-refractivity contribution in [2.45, 2.75) is 26.3 Å². The van der Waals surface area contributed by atoms with E-state index in [0.29, 0.717) is 5.75 Å². The van der Waals surface area contributed by atoms with E-state index < -0.39 is 6.04 Å². The number of aryl methyl sites for hydroxylation is 1. The van der Waals surface area contributed by atoms with Crippen LogP contribution in [0.1, 0.15) is 19.4 Å². The van der Waals surface area contributed by atoms with Crippen LogP contribution in [0.2, 0.25) is 0 Å². The topological polar surface area (TPSA) is 70.7 Å². The zero-order chi connectivity index (χ0) is 19.8. The number of likely N-dealkylation sites (N-methyl/N-ethyl adjacent to an activating group) is 1. The third-order valence-corrected chi connectivity index (χ3v) is 4.28. The van der Waals surface area contributed by atoms with E-state index in [1.165, 1.54) is 4.90 Å². The number of hydrogen-bond acceptors (Lipinski definition) is 4. The van der Waals surface area contributed by atoms with Gasteiger partial charge in [-0.05, 0) is 37.1 Å². The van der Waals surface area contributed by atoms with Crippen LogP contribution in [0.5, 0.6) is 5.75 Å². The van der Waals surface area contributed by atoms with Crippen molar-refractivity contribution in [1.29, 1.82) is 0 Å². The molecule has 0 bridgehead atoms. The van der Waals surface area contributed by atoms with Crippen LogP contribution in [-0.4, -0.2) is 43.5 Å². The van der Waals surface area contributed by atoms with Gasteiger partial charge in [0, 0.05) is 12.7 Å². The number of para-hydroxylation sites is 3. The molecule has 0 fully saturated rings. The summed E-state index contributed by atoms with van der Waals surface area (Å²) in [6.45, 7) is 3.77. The van der Waals surface area contributed by atoms with Crippen molar-refractivity contribution in [3.8, 4) is 5.75 Å². The average Bonchev–Trinajstić information content (AvgIpc) is 2.68. The van der Waals surface area contributed by atoms with Crippen molar-refractivity contribution < 1.29 is 14.3 Å². The Morgan fingerprint density at radius 2 is 1.70 bits per heavy atom. The van der Waals surface area contributed by atoms with E-state index in [-0.39, 0.29) is 18.4 Å². The molecule has 1 atom stereocenters. The van der Waals surface area contributed by atoms with Crippen LogP contribution < -0.4 is 15.4 Å². The molecule has 2 aromatic rings.